The van der Waals surface area contributed by atoms with Crippen LogP contribution in [0.25, 0.3) is 0 Å². The van der Waals surface area contributed by atoms with Crippen LogP contribution < -0.4 is 10.6 Å². The van der Waals surface area contributed by atoms with Crippen LogP contribution >= 0.6 is 0 Å². The van der Waals surface area contributed by atoms with E-state index in [-0.39, 0.29) is 24.8 Å². The molecule has 0 saturated carbocycles. The van der Waals surface area contributed by atoms with Crippen LogP contribution in [0.4, 0.5) is 13.2 Å². The van der Waals surface area contributed by atoms with Gasteiger partial charge in [-0.1, -0.05) is 0 Å². The fourth-order valence-electron chi connectivity index (χ4n) is 1.05. The molecule has 0 spiro atoms. The first kappa shape index (κ1) is 16.5. The third-order valence-electron chi connectivity index (χ3n) is 2.05. The smallest absolute Gasteiger partial charge is 0.356 e. The Morgan fingerprint density at radius 2 is 1.78 bits per heavy atom. The van der Waals surface area contributed by atoms with E-state index in [4.69, 9.17) is 0 Å². The normalized spacial score (nSPS) is 12.2. The second kappa shape index (κ2) is 7.78. The minimum Gasteiger partial charge on any atom is -0.356 e. The number of hydrogen-bond acceptors (Lipinski definition) is 2. The van der Waals surface area contributed by atoms with Crippen LogP contribution in [0, 0.1) is 0 Å². The van der Waals surface area contributed by atoms with Crippen molar-refractivity contribution in [2.24, 2.45) is 4.99 Å². The molecule has 0 aromatic carbocycles. The van der Waals surface area contributed by atoms with E-state index >= 15 is 0 Å². The van der Waals surface area contributed by atoms with E-state index in [0.29, 0.717) is 6.54 Å². The average Bonchev–Trinajstić information content (AvgIpc) is 2.24. The third-order valence-corrected chi connectivity index (χ3v) is 2.05. The van der Waals surface area contributed by atoms with E-state index in [1.807, 2.05) is 0 Å². The van der Waals surface area contributed by atoms with Crippen molar-refractivity contribution in [3.05, 3.63) is 0 Å². The number of aliphatic imine (C=N–C) groups is 1. The molecular formula is C10H19F3N4O. The predicted octanol–water partition coefficient (Wildman–Crippen LogP) is 0.582. The maximum absolute atomic E-state index is 11.9. The van der Waals surface area contributed by atoms with E-state index < -0.39 is 12.6 Å². The second-order valence-electron chi connectivity index (χ2n) is 3.83. The van der Waals surface area contributed by atoms with Crippen molar-refractivity contribution >= 4 is 11.9 Å². The summed E-state index contributed by atoms with van der Waals surface area (Å²) in [5, 5.41) is 5.29. The first-order chi connectivity index (χ1) is 8.26. The zero-order chi connectivity index (χ0) is 14.2. The number of halogens is 3. The summed E-state index contributed by atoms with van der Waals surface area (Å²) in [4.78, 5) is 16.4. The number of alkyl halides is 3. The van der Waals surface area contributed by atoms with Crippen molar-refractivity contribution in [3.8, 4) is 0 Å². The number of carbonyl (C=O) groups is 1. The summed E-state index contributed by atoms with van der Waals surface area (Å²) in [6.45, 7) is 0.0769. The Morgan fingerprint density at radius 1 is 1.22 bits per heavy atom. The van der Waals surface area contributed by atoms with Crippen LogP contribution in [0.2, 0.25) is 0 Å². The van der Waals surface area contributed by atoms with Gasteiger partial charge in [0.1, 0.15) is 0 Å². The monoisotopic (exact) mass is 268 g/mol. The van der Waals surface area contributed by atoms with Crippen LogP contribution in [0.3, 0.4) is 0 Å². The molecule has 0 aliphatic rings. The average molecular weight is 268 g/mol. The number of guanidine groups is 1. The number of nitrogens with one attached hydrogen (secondary N) is 2. The molecule has 0 fully saturated rings. The molecule has 0 aromatic heterocycles. The van der Waals surface area contributed by atoms with Crippen LogP contribution in [0.1, 0.15) is 12.8 Å². The lowest BCUT2D eigenvalue weighted by molar-refractivity contribution is -0.132. The number of rotatable bonds is 5. The van der Waals surface area contributed by atoms with Crippen LogP contribution in [0.5, 0.6) is 0 Å². The Bertz CT molecular complexity index is 289. The molecule has 18 heavy (non-hydrogen) atoms. The van der Waals surface area contributed by atoms with Gasteiger partial charge >= 0.3 is 6.18 Å². The summed E-state index contributed by atoms with van der Waals surface area (Å²) in [5.41, 5.74) is 0. The molecule has 0 aliphatic carbocycles. The van der Waals surface area contributed by atoms with Gasteiger partial charge in [-0.05, 0) is 0 Å². The van der Waals surface area contributed by atoms with E-state index in [1.54, 1.807) is 14.1 Å². The fourth-order valence-corrected chi connectivity index (χ4v) is 1.05. The molecule has 0 atom stereocenters. The van der Waals surface area contributed by atoms with Crippen molar-refractivity contribution in [3.63, 3.8) is 0 Å². The highest BCUT2D eigenvalue weighted by molar-refractivity contribution is 5.81. The fraction of sp³-hybridized carbons (Fsp3) is 0.800. The molecule has 0 unspecified atom stereocenters. The van der Waals surface area contributed by atoms with Gasteiger partial charge in [0, 0.05) is 40.7 Å². The van der Waals surface area contributed by atoms with Gasteiger partial charge in [-0.25, -0.2) is 0 Å². The number of carbonyl (C=O) groups excluding carboxylic acids is 1. The summed E-state index contributed by atoms with van der Waals surface area (Å²) in [6.07, 6.45) is -4.86. The first-order valence-corrected chi connectivity index (χ1v) is 5.47. The van der Waals surface area contributed by atoms with Crippen molar-refractivity contribution < 1.29 is 18.0 Å². The standard InChI is InChI=1S/C10H19F3N4O/c1-14-9(16-7-5-10(11,12)13)15-6-4-8(18)17(2)3/h4-7H2,1-3H3,(H2,14,15,16). The Labute approximate surface area is 104 Å². The van der Waals surface area contributed by atoms with E-state index in [9.17, 15) is 18.0 Å². The molecule has 0 saturated heterocycles. The molecule has 5 nitrogen and oxygen atoms in total. The summed E-state index contributed by atoms with van der Waals surface area (Å²) in [7, 11) is 4.73. The molecule has 0 rings (SSSR count). The van der Waals surface area contributed by atoms with Crippen molar-refractivity contribution in [2.75, 3.05) is 34.2 Å². The highest BCUT2D eigenvalue weighted by atomic mass is 19.4. The first-order valence-electron chi connectivity index (χ1n) is 5.47. The van der Waals surface area contributed by atoms with Gasteiger partial charge in [0.15, 0.2) is 5.96 Å². The molecule has 0 aliphatic heterocycles. The van der Waals surface area contributed by atoms with Gasteiger partial charge in [-0.3, -0.25) is 9.79 Å². The van der Waals surface area contributed by atoms with Gasteiger partial charge in [-0.15, -0.1) is 0 Å². The van der Waals surface area contributed by atoms with Gasteiger partial charge in [0.2, 0.25) is 5.91 Å². The lowest BCUT2D eigenvalue weighted by atomic mass is 10.4. The minimum absolute atomic E-state index is 0.0618. The minimum atomic E-state index is -4.19. The zero-order valence-corrected chi connectivity index (χ0v) is 10.8. The van der Waals surface area contributed by atoms with Gasteiger partial charge in [0.05, 0.1) is 6.42 Å². The predicted molar refractivity (Wildman–Crippen MR) is 63.3 cm³/mol. The quantitative estimate of drug-likeness (QED) is 0.566. The Balaban J connectivity index is 3.83. The lowest BCUT2D eigenvalue weighted by Crippen LogP contribution is -2.40. The van der Waals surface area contributed by atoms with E-state index in [1.165, 1.54) is 11.9 Å². The summed E-state index contributed by atoms with van der Waals surface area (Å²) in [6, 6.07) is 0. The Kier molecular flexibility index (Phi) is 7.14. The molecular weight excluding hydrogens is 249 g/mol. The molecule has 106 valence electrons. The summed E-state index contributed by atoms with van der Waals surface area (Å²) >= 11 is 0. The molecule has 0 radical (unpaired) electrons. The van der Waals surface area contributed by atoms with Crippen molar-refractivity contribution in [2.45, 2.75) is 19.0 Å². The van der Waals surface area contributed by atoms with E-state index in [2.05, 4.69) is 15.6 Å². The summed E-state index contributed by atoms with van der Waals surface area (Å²) < 4.78 is 35.7. The van der Waals surface area contributed by atoms with E-state index in [0.717, 1.165) is 0 Å². The number of hydrogen-bond donors (Lipinski definition) is 2. The molecule has 2 N–H and O–H groups in total. The molecule has 0 heterocycles. The van der Waals surface area contributed by atoms with Gasteiger partial charge in [0.25, 0.3) is 0 Å². The molecule has 8 heteroatoms. The number of amides is 1. The zero-order valence-electron chi connectivity index (χ0n) is 10.8. The SMILES string of the molecule is CN=C(NCCC(=O)N(C)C)NCCC(F)(F)F. The lowest BCUT2D eigenvalue weighted by Gasteiger charge is -2.14. The van der Waals surface area contributed by atoms with Gasteiger partial charge in [-0.2, -0.15) is 13.2 Å². The van der Waals surface area contributed by atoms with Crippen LogP contribution in [-0.2, 0) is 4.79 Å². The largest absolute Gasteiger partial charge is 0.390 e. The highest BCUT2D eigenvalue weighted by Gasteiger charge is 2.26. The van der Waals surface area contributed by atoms with Crippen molar-refractivity contribution in [1.82, 2.24) is 15.5 Å². The Hall–Kier alpha value is -1.47. The maximum Gasteiger partial charge on any atom is 0.390 e. The molecule has 0 aromatic rings. The van der Waals surface area contributed by atoms with Crippen LogP contribution in [-0.4, -0.2) is 57.2 Å². The van der Waals surface area contributed by atoms with Crippen LogP contribution in [0.15, 0.2) is 4.99 Å². The third kappa shape index (κ3) is 8.66. The molecule has 1 amide bonds. The van der Waals surface area contributed by atoms with Crippen molar-refractivity contribution in [1.29, 1.82) is 0 Å². The Morgan fingerprint density at radius 3 is 2.22 bits per heavy atom. The van der Waals surface area contributed by atoms with Gasteiger partial charge < -0.3 is 15.5 Å². The maximum atomic E-state index is 11.9. The topological polar surface area (TPSA) is 56.7 Å². The molecule has 0 bridgehead atoms. The number of nitrogens with zero attached hydrogens (tertiary/aromatic N) is 2. The summed E-state index contributed by atoms with van der Waals surface area (Å²) in [5.74, 6) is 0.194. The highest BCUT2D eigenvalue weighted by Crippen LogP contribution is 2.17. The second-order valence-corrected chi connectivity index (χ2v) is 3.83.